The maximum absolute atomic E-state index is 7.06. The van der Waals surface area contributed by atoms with Gasteiger partial charge in [0.05, 0.1) is 22.1 Å². The second-order valence-electron chi connectivity index (χ2n) is 35.7. The minimum Gasteiger partial charge on any atom is -0.455 e. The lowest BCUT2D eigenvalue weighted by Gasteiger charge is -2.22. The van der Waals surface area contributed by atoms with Crippen molar-refractivity contribution in [2.24, 2.45) is 0 Å². The molecule has 0 radical (unpaired) electrons. The van der Waals surface area contributed by atoms with Gasteiger partial charge >= 0.3 is 0 Å². The summed E-state index contributed by atoms with van der Waals surface area (Å²) in [5, 5.41) is 9.31. The number of hydrogen-bond donors (Lipinski definition) is 0. The molecule has 0 fully saturated rings. The zero-order valence-electron chi connectivity index (χ0n) is 73.4. The molecule has 0 saturated heterocycles. The van der Waals surface area contributed by atoms with E-state index >= 15 is 0 Å². The van der Waals surface area contributed by atoms with Crippen molar-refractivity contribution in [3.8, 4) is 156 Å². The largest absolute Gasteiger partial charge is 0.455 e. The van der Waals surface area contributed by atoms with E-state index in [2.05, 4.69) is 508 Å². The third kappa shape index (κ3) is 13.7. The number of aromatic nitrogens is 2. The van der Waals surface area contributed by atoms with E-state index in [0.717, 1.165) is 144 Å². The molecule has 26 rings (SSSR count). The van der Waals surface area contributed by atoms with Crippen molar-refractivity contribution in [2.45, 2.75) is 19.3 Å². The summed E-state index contributed by atoms with van der Waals surface area (Å²) < 4.78 is 18.9. The lowest BCUT2D eigenvalue weighted by Crippen LogP contribution is -2.14. The van der Waals surface area contributed by atoms with Gasteiger partial charge in [0.25, 0.3) is 0 Å². The van der Waals surface area contributed by atoms with Gasteiger partial charge in [0.2, 0.25) is 0 Å². The third-order valence-corrected chi connectivity index (χ3v) is 27.6. The summed E-state index contributed by atoms with van der Waals surface area (Å²) in [5.74, 6) is 0. The van der Waals surface area contributed by atoms with Gasteiger partial charge in [0.15, 0.2) is 0 Å². The molecule has 21 aromatic carbocycles. The van der Waals surface area contributed by atoms with E-state index < -0.39 is 0 Å². The van der Waals surface area contributed by atoms with E-state index in [-0.39, 0.29) is 5.41 Å². The minimum absolute atomic E-state index is 0.0834. The van der Waals surface area contributed by atoms with E-state index in [4.69, 9.17) is 8.83 Å². The van der Waals surface area contributed by atoms with E-state index in [1.165, 1.54) is 110 Å². The number of furan rings is 2. The van der Waals surface area contributed by atoms with Crippen molar-refractivity contribution in [3.05, 3.63) is 496 Å². The molecule has 0 atom stereocenters. The number of hydrogen-bond acceptors (Lipinski definition) is 2. The van der Waals surface area contributed by atoms with Crippen molar-refractivity contribution in [1.82, 2.24) is 9.13 Å². The van der Waals surface area contributed by atoms with Gasteiger partial charge in [-0.2, -0.15) is 0 Å². The van der Waals surface area contributed by atoms with Gasteiger partial charge in [-0.05, 0) is 261 Å². The van der Waals surface area contributed by atoms with Crippen molar-refractivity contribution < 1.29 is 8.83 Å². The Kier molecular flexibility index (Phi) is 18.9. The average Bonchev–Trinajstić information content (AvgIpc) is 1.57. The second kappa shape index (κ2) is 32.2. The van der Waals surface area contributed by atoms with Gasteiger partial charge in [0, 0.05) is 82.1 Å². The van der Waals surface area contributed by atoms with Gasteiger partial charge in [-0.3, -0.25) is 0 Å². The predicted octanol–water partition coefficient (Wildman–Crippen LogP) is 35.7. The Balaban J connectivity index is 0.000000144. The van der Waals surface area contributed by atoms with Crippen molar-refractivity contribution in [1.29, 1.82) is 0 Å². The molecule has 1 aliphatic carbocycles. The molecule has 133 heavy (non-hydrogen) atoms. The molecule has 4 nitrogen and oxygen atoms in total. The van der Waals surface area contributed by atoms with Gasteiger partial charge in [-0.1, -0.05) is 372 Å². The first kappa shape index (κ1) is 78.1. The summed E-state index contributed by atoms with van der Waals surface area (Å²) in [7, 11) is 0. The molecule has 0 spiro atoms. The van der Waals surface area contributed by atoms with Crippen LogP contribution in [0.25, 0.3) is 244 Å². The normalized spacial score (nSPS) is 12.2. The fraction of sp³-hybridized carbons (Fsp3) is 0.0233. The Hall–Kier alpha value is -17.2. The Bertz CT molecular complexity index is 8860. The summed E-state index contributed by atoms with van der Waals surface area (Å²) in [5.41, 5.74) is 43.5. The van der Waals surface area contributed by atoms with E-state index in [1.807, 2.05) is 0 Å². The van der Waals surface area contributed by atoms with Crippen LogP contribution in [0.5, 0.6) is 0 Å². The van der Waals surface area contributed by atoms with Crippen molar-refractivity contribution in [2.75, 3.05) is 0 Å². The Labute approximate surface area is 771 Å². The zero-order valence-corrected chi connectivity index (χ0v) is 73.4. The van der Waals surface area contributed by atoms with Crippen LogP contribution in [0.2, 0.25) is 0 Å². The third-order valence-electron chi connectivity index (χ3n) is 27.6. The van der Waals surface area contributed by atoms with Crippen molar-refractivity contribution in [3.63, 3.8) is 0 Å². The first-order chi connectivity index (χ1) is 65.7. The summed E-state index contributed by atoms with van der Waals surface area (Å²) >= 11 is 0. The van der Waals surface area contributed by atoms with Crippen molar-refractivity contribution >= 4 is 87.5 Å². The maximum atomic E-state index is 7.06. The standard InChI is InChI=1S/C69H47NO.C60H39NO/c1-69(2)63-30-13-12-25-57(63)58-34-31-50(43-64(58)69)46-21-14-22-47(37-46)51-38-52(40-53(39-51)56-27-16-29-60-59-28-15-26-55(67(59)71-68(56)60)45-19-8-4-9-20-45)49-33-36-66-62(42-49)61-41-48(44-17-6-3-7-18-44)32-35-65(61)70(66)54-23-10-5-11-24-54;1-5-16-40(17-6-1)43-22-13-23-44(34-43)47-35-48(37-49(36-47)52-27-15-29-54-53-28-14-26-51(59(53)62-60(52)54)42-20-9-3-10-21-42)46-31-33-58-56(39-46)55-38-45(41-18-7-2-8-19-41)30-32-57(55)61(58)50-24-11-4-12-25-50/h3-43H,1-2H3;1-39H. The Morgan fingerprint density at radius 3 is 0.744 bits per heavy atom. The topological polar surface area (TPSA) is 36.1 Å². The summed E-state index contributed by atoms with van der Waals surface area (Å²) in [6, 6.07) is 177. The van der Waals surface area contributed by atoms with E-state index in [9.17, 15) is 0 Å². The number of rotatable bonds is 14. The lowest BCUT2D eigenvalue weighted by atomic mass is 9.81. The summed E-state index contributed by atoms with van der Waals surface area (Å²) in [6.07, 6.45) is 0. The molecule has 1 aliphatic rings. The monoisotopic (exact) mass is 1690 g/mol. The lowest BCUT2D eigenvalue weighted by molar-refractivity contribution is 0.660. The van der Waals surface area contributed by atoms with E-state index in [1.54, 1.807) is 0 Å². The fourth-order valence-corrected chi connectivity index (χ4v) is 21.0. The highest BCUT2D eigenvalue weighted by Gasteiger charge is 2.36. The molecule has 0 aliphatic heterocycles. The molecule has 0 bridgehead atoms. The smallest absolute Gasteiger partial charge is 0.143 e. The first-order valence-corrected chi connectivity index (χ1v) is 45.9. The first-order valence-electron chi connectivity index (χ1n) is 45.9. The average molecular weight is 1700 g/mol. The van der Waals surface area contributed by atoms with Crippen LogP contribution < -0.4 is 0 Å². The molecule has 4 aromatic heterocycles. The van der Waals surface area contributed by atoms with Crippen LogP contribution in [0, 0.1) is 0 Å². The molecule has 0 amide bonds. The maximum Gasteiger partial charge on any atom is 0.143 e. The fourth-order valence-electron chi connectivity index (χ4n) is 21.0. The van der Waals surface area contributed by atoms with E-state index in [0.29, 0.717) is 0 Å². The van der Waals surface area contributed by atoms with Gasteiger partial charge in [-0.25, -0.2) is 0 Å². The highest BCUT2D eigenvalue weighted by atomic mass is 16.3. The molecule has 624 valence electrons. The number of fused-ring (bicyclic) bond motifs is 15. The van der Waals surface area contributed by atoms with Gasteiger partial charge in [0.1, 0.15) is 22.3 Å². The van der Waals surface area contributed by atoms with Crippen LogP contribution in [-0.2, 0) is 5.41 Å². The van der Waals surface area contributed by atoms with Gasteiger partial charge < -0.3 is 18.0 Å². The van der Waals surface area contributed by atoms with Crippen LogP contribution in [-0.4, -0.2) is 9.13 Å². The molecular formula is C129H86N2O2. The van der Waals surface area contributed by atoms with Crippen LogP contribution in [0.4, 0.5) is 0 Å². The quantitative estimate of drug-likeness (QED) is 0.109. The van der Waals surface area contributed by atoms with Gasteiger partial charge in [-0.15, -0.1) is 0 Å². The van der Waals surface area contributed by atoms with Crippen LogP contribution in [0.1, 0.15) is 25.0 Å². The predicted molar refractivity (Wildman–Crippen MR) is 559 cm³/mol. The Morgan fingerprint density at radius 2 is 0.383 bits per heavy atom. The molecule has 0 N–H and O–H groups in total. The molecule has 4 heterocycles. The van der Waals surface area contributed by atoms with Crippen LogP contribution in [0.3, 0.4) is 0 Å². The van der Waals surface area contributed by atoms with Crippen LogP contribution >= 0.6 is 0 Å². The molecule has 0 saturated carbocycles. The Morgan fingerprint density at radius 1 is 0.150 bits per heavy atom. The summed E-state index contributed by atoms with van der Waals surface area (Å²) in [6.45, 7) is 4.71. The number of nitrogens with zero attached hydrogens (tertiary/aromatic N) is 2. The zero-order chi connectivity index (χ0) is 88.2. The number of benzene rings is 21. The SMILES string of the molecule is CC1(C)c2ccccc2-c2ccc(-c3cccc(-c4cc(-c5ccc6c(c5)c5cc(-c7ccccc7)ccc5n6-c5ccccc5)cc(-c5cccc6c5oc5c(-c7ccccc7)cccc56)c4)c3)cc21.c1ccc(-c2cccc(-c3cc(-c4ccc5c(c4)c4cc(-c6ccccc6)ccc4n5-c4ccccc4)cc(-c4cccc5c4oc4c(-c6ccccc6)cccc45)c3)c2)cc1. The molecule has 25 aromatic rings. The molecular weight excluding hydrogens is 1610 g/mol. The van der Waals surface area contributed by atoms with Crippen LogP contribution in [0.15, 0.2) is 494 Å². The number of para-hydroxylation sites is 6. The highest BCUT2D eigenvalue weighted by molar-refractivity contribution is 6.17. The minimum atomic E-state index is -0.0834. The highest BCUT2D eigenvalue weighted by Crippen LogP contribution is 2.52. The summed E-state index contributed by atoms with van der Waals surface area (Å²) in [4.78, 5) is 0. The second-order valence-corrected chi connectivity index (χ2v) is 35.7. The molecule has 4 heteroatoms. The molecule has 0 unspecified atom stereocenters.